The van der Waals surface area contributed by atoms with Gasteiger partial charge in [-0.3, -0.25) is 0 Å². The van der Waals surface area contributed by atoms with E-state index in [2.05, 4.69) is 11.5 Å². The second kappa shape index (κ2) is 2.58. The number of hydrogen-bond acceptors (Lipinski definition) is 2. The largest absolute Gasteiger partial charge is 0.390 e. The molecule has 0 saturated heterocycles. The summed E-state index contributed by atoms with van der Waals surface area (Å²) in [4.78, 5) is 12.3. The zero-order valence-electron chi connectivity index (χ0n) is 3.28. The summed E-state index contributed by atoms with van der Waals surface area (Å²) in [6, 6.07) is 0. The summed E-state index contributed by atoms with van der Waals surface area (Å²) in [6.07, 6.45) is 0. The molecule has 0 bridgehead atoms. The van der Waals surface area contributed by atoms with Gasteiger partial charge in [-0.1, -0.05) is 18.2 Å². The summed E-state index contributed by atoms with van der Waals surface area (Å²) >= 11 is 4.82. The van der Waals surface area contributed by atoms with E-state index in [0.29, 0.717) is 0 Å². The van der Waals surface area contributed by atoms with Crippen LogP contribution in [0, 0.1) is 0 Å². The maximum atomic E-state index is 10.6. The van der Waals surface area contributed by atoms with Crippen LogP contribution in [0.3, 0.4) is 0 Å². The lowest BCUT2D eigenvalue weighted by atomic mass is 10.7. The second-order valence-corrected chi connectivity index (χ2v) is 1.23. The molecule has 0 aliphatic rings. The van der Waals surface area contributed by atoms with Crippen molar-refractivity contribution < 1.29 is 14.3 Å². The van der Waals surface area contributed by atoms with Crippen molar-refractivity contribution in [1.82, 2.24) is 0 Å². The van der Waals surface area contributed by atoms with Gasteiger partial charge in [0.1, 0.15) is 5.03 Å². The highest BCUT2D eigenvalue weighted by Gasteiger charge is 2.02. The summed E-state index contributed by atoms with van der Waals surface area (Å²) in [7, 11) is 0. The molecule has 0 aliphatic carbocycles. The van der Waals surface area contributed by atoms with Crippen LogP contribution >= 0.6 is 11.6 Å². The molecule has 0 heterocycles. The van der Waals surface area contributed by atoms with Crippen molar-refractivity contribution >= 4 is 17.6 Å². The Labute approximate surface area is 44.4 Å². The first-order valence-electron chi connectivity index (χ1n) is 1.36. The first-order valence-corrected chi connectivity index (χ1v) is 1.73. The molecule has 0 radical (unpaired) electrons. The molecule has 0 aromatic rings. The predicted molar refractivity (Wildman–Crippen MR) is 22.2 cm³/mol. The molecule has 40 valence electrons. The third kappa shape index (κ3) is 2.17. The third-order valence-electron chi connectivity index (χ3n) is 0.292. The molecule has 0 spiro atoms. The van der Waals surface area contributed by atoms with Gasteiger partial charge < -0.3 is 0 Å². The number of rotatable bonds is 1. The molecule has 0 aliphatic heterocycles. The maximum Gasteiger partial charge on any atom is 0.390 e. The molecular formula is C3H2ClFO2. The minimum atomic E-state index is -1.25. The lowest BCUT2D eigenvalue weighted by Crippen LogP contribution is -1.93. The summed E-state index contributed by atoms with van der Waals surface area (Å²) in [5, 5.41) is -0.470. The zero-order valence-corrected chi connectivity index (χ0v) is 4.04. The van der Waals surface area contributed by atoms with E-state index in [4.69, 9.17) is 11.6 Å². The molecule has 0 saturated carbocycles. The van der Waals surface area contributed by atoms with Crippen molar-refractivity contribution in [2.75, 3.05) is 0 Å². The molecule has 0 aromatic heterocycles. The standard InChI is InChI=1S/C3H2ClFO2/c1-2(4)3(6)7-5/h1H2. The smallest absolute Gasteiger partial charge is 0.248 e. The van der Waals surface area contributed by atoms with Crippen LogP contribution in [0.15, 0.2) is 11.6 Å². The van der Waals surface area contributed by atoms with Gasteiger partial charge in [0.2, 0.25) is 0 Å². The van der Waals surface area contributed by atoms with Crippen LogP contribution in [0.25, 0.3) is 0 Å². The highest BCUT2D eigenvalue weighted by Crippen LogP contribution is 1.98. The van der Waals surface area contributed by atoms with Crippen LogP contribution in [0.4, 0.5) is 4.53 Å². The minimum absolute atomic E-state index is 0.470. The molecular weight excluding hydrogens is 122 g/mol. The van der Waals surface area contributed by atoms with E-state index in [0.717, 1.165) is 0 Å². The van der Waals surface area contributed by atoms with Gasteiger partial charge in [-0.15, -0.1) is 0 Å². The van der Waals surface area contributed by atoms with Crippen molar-refractivity contribution in [1.29, 1.82) is 0 Å². The minimum Gasteiger partial charge on any atom is -0.248 e. The van der Waals surface area contributed by atoms with Gasteiger partial charge in [0.15, 0.2) is 0 Å². The second-order valence-electron chi connectivity index (χ2n) is 0.770. The van der Waals surface area contributed by atoms with Crippen LogP contribution in [0.2, 0.25) is 0 Å². The quantitative estimate of drug-likeness (QED) is 0.491. The molecule has 0 N–H and O–H groups in total. The fourth-order valence-electron chi connectivity index (χ4n) is 0.0419. The molecule has 7 heavy (non-hydrogen) atoms. The van der Waals surface area contributed by atoms with E-state index in [9.17, 15) is 9.32 Å². The van der Waals surface area contributed by atoms with Gasteiger partial charge >= 0.3 is 5.97 Å². The predicted octanol–water partition coefficient (Wildman–Crippen LogP) is 1.17. The fraction of sp³-hybridized carbons (Fsp3) is 0. The van der Waals surface area contributed by atoms with E-state index in [1.807, 2.05) is 0 Å². The van der Waals surface area contributed by atoms with Crippen molar-refractivity contribution in [2.45, 2.75) is 0 Å². The topological polar surface area (TPSA) is 26.3 Å². The third-order valence-corrected chi connectivity index (χ3v) is 0.446. The Kier molecular flexibility index (Phi) is 2.37. The van der Waals surface area contributed by atoms with Gasteiger partial charge in [0, 0.05) is 4.53 Å². The SMILES string of the molecule is C=C(Cl)C(=O)OF. The van der Waals surface area contributed by atoms with Gasteiger partial charge in [0.05, 0.1) is 0 Å². The van der Waals surface area contributed by atoms with Crippen LogP contribution in [0.5, 0.6) is 0 Å². The molecule has 0 atom stereocenters. The van der Waals surface area contributed by atoms with Crippen molar-refractivity contribution in [2.24, 2.45) is 0 Å². The van der Waals surface area contributed by atoms with E-state index >= 15 is 0 Å². The first-order chi connectivity index (χ1) is 3.18. The summed E-state index contributed by atoms with van der Waals surface area (Å²) in [5.74, 6) is -1.25. The number of hydrogen-bond donors (Lipinski definition) is 0. The van der Waals surface area contributed by atoms with E-state index in [-0.39, 0.29) is 0 Å². The summed E-state index contributed by atoms with van der Waals surface area (Å²) < 4.78 is 10.6. The van der Waals surface area contributed by atoms with Crippen LogP contribution < -0.4 is 0 Å². The van der Waals surface area contributed by atoms with Crippen LogP contribution in [0.1, 0.15) is 0 Å². The average Bonchev–Trinajstić information content (AvgIpc) is 1.65. The lowest BCUT2D eigenvalue weighted by Gasteiger charge is -1.82. The molecule has 0 amide bonds. The molecule has 0 unspecified atom stereocenters. The highest BCUT2D eigenvalue weighted by molar-refractivity contribution is 6.40. The Balaban J connectivity index is 3.58. The first kappa shape index (κ1) is 6.43. The summed E-state index contributed by atoms with van der Waals surface area (Å²) in [5.41, 5.74) is 0. The fourth-order valence-corrected chi connectivity index (χ4v) is 0.0710. The Morgan fingerprint density at radius 3 is 2.29 bits per heavy atom. The maximum absolute atomic E-state index is 10.6. The molecule has 0 fully saturated rings. The van der Waals surface area contributed by atoms with Crippen molar-refractivity contribution in [3.63, 3.8) is 0 Å². The Bertz CT molecular complexity index is 101. The van der Waals surface area contributed by atoms with E-state index < -0.39 is 11.0 Å². The number of carbonyl (C=O) groups is 1. The molecule has 0 rings (SSSR count). The van der Waals surface area contributed by atoms with Gasteiger partial charge in [-0.05, 0) is 0 Å². The highest BCUT2D eigenvalue weighted by atomic mass is 35.5. The van der Waals surface area contributed by atoms with Crippen LogP contribution in [-0.4, -0.2) is 5.97 Å². The Hall–Kier alpha value is -0.570. The molecule has 4 heteroatoms. The van der Waals surface area contributed by atoms with Gasteiger partial charge in [0.25, 0.3) is 0 Å². The van der Waals surface area contributed by atoms with Gasteiger partial charge in [-0.25, -0.2) is 9.74 Å². The van der Waals surface area contributed by atoms with Crippen molar-refractivity contribution in [3.8, 4) is 0 Å². The number of carbonyl (C=O) groups excluding carboxylic acids is 1. The van der Waals surface area contributed by atoms with Gasteiger partial charge in [-0.2, -0.15) is 0 Å². The molecule has 2 nitrogen and oxygen atoms in total. The monoisotopic (exact) mass is 124 g/mol. The number of halogens is 2. The van der Waals surface area contributed by atoms with E-state index in [1.54, 1.807) is 0 Å². The Morgan fingerprint density at radius 1 is 1.86 bits per heavy atom. The van der Waals surface area contributed by atoms with E-state index in [1.165, 1.54) is 0 Å². The van der Waals surface area contributed by atoms with Crippen molar-refractivity contribution in [3.05, 3.63) is 11.6 Å². The zero-order chi connectivity index (χ0) is 5.86. The normalized spacial score (nSPS) is 7.71. The average molecular weight is 124 g/mol. The lowest BCUT2D eigenvalue weighted by molar-refractivity contribution is -0.177. The molecule has 0 aromatic carbocycles. The Morgan fingerprint density at radius 2 is 2.29 bits per heavy atom. The summed E-state index contributed by atoms with van der Waals surface area (Å²) in [6.45, 7) is 2.88. The van der Waals surface area contributed by atoms with Crippen LogP contribution in [-0.2, 0) is 9.74 Å².